The van der Waals surface area contributed by atoms with Gasteiger partial charge in [-0.15, -0.1) is 0 Å². The summed E-state index contributed by atoms with van der Waals surface area (Å²) in [7, 11) is 1.45. The summed E-state index contributed by atoms with van der Waals surface area (Å²) in [6.07, 6.45) is 0. The molecule has 1 amide bonds. The number of hydrogen-bond acceptors (Lipinski definition) is 3. The van der Waals surface area contributed by atoms with Gasteiger partial charge < -0.3 is 15.2 Å². The second-order valence-corrected chi connectivity index (χ2v) is 4.72. The number of ether oxygens (including phenoxy) is 1. The first-order valence-corrected chi connectivity index (χ1v) is 6.26. The Bertz CT molecular complexity index is 630. The van der Waals surface area contributed by atoms with Gasteiger partial charge in [-0.2, -0.15) is 0 Å². The van der Waals surface area contributed by atoms with Crippen LogP contribution in [0.25, 0.3) is 0 Å². The third-order valence-electron chi connectivity index (χ3n) is 2.92. The van der Waals surface area contributed by atoms with Gasteiger partial charge in [0.1, 0.15) is 0 Å². The van der Waals surface area contributed by atoms with Gasteiger partial charge in [-0.25, -0.2) is 0 Å². The number of carbonyl (C=O) groups excluding carboxylic acids is 1. The normalized spacial score (nSPS) is 10.2. The molecule has 2 aromatic carbocycles. The fraction of sp³-hybridized carbons (Fsp3) is 0.188. The molecule has 0 unspecified atom stereocenters. The van der Waals surface area contributed by atoms with Gasteiger partial charge >= 0.3 is 0 Å². The largest absolute Gasteiger partial charge is 0.504 e. The average Bonchev–Trinajstić information content (AvgIpc) is 2.37. The van der Waals surface area contributed by atoms with E-state index in [1.54, 1.807) is 6.07 Å². The lowest BCUT2D eigenvalue weighted by atomic mass is 10.1. The van der Waals surface area contributed by atoms with Crippen LogP contribution in [0.3, 0.4) is 0 Å². The van der Waals surface area contributed by atoms with Crippen molar-refractivity contribution in [3.63, 3.8) is 0 Å². The van der Waals surface area contributed by atoms with Crippen LogP contribution in [0.4, 0.5) is 5.69 Å². The summed E-state index contributed by atoms with van der Waals surface area (Å²) in [4.78, 5) is 12.2. The Hall–Kier alpha value is -2.49. The molecule has 0 bridgehead atoms. The molecule has 2 N–H and O–H groups in total. The molecule has 0 aromatic heterocycles. The van der Waals surface area contributed by atoms with E-state index >= 15 is 0 Å². The topological polar surface area (TPSA) is 58.6 Å². The van der Waals surface area contributed by atoms with Crippen molar-refractivity contribution in [3.8, 4) is 11.5 Å². The molecular weight excluding hydrogens is 254 g/mol. The number of nitrogens with one attached hydrogen (secondary N) is 1. The number of amides is 1. The molecule has 0 saturated heterocycles. The lowest BCUT2D eigenvalue weighted by molar-refractivity contribution is 0.102. The minimum Gasteiger partial charge on any atom is -0.504 e. The molecule has 4 heteroatoms. The lowest BCUT2D eigenvalue weighted by Crippen LogP contribution is -2.12. The maximum Gasteiger partial charge on any atom is 0.255 e. The quantitative estimate of drug-likeness (QED) is 0.900. The predicted molar refractivity (Wildman–Crippen MR) is 78.5 cm³/mol. The second kappa shape index (κ2) is 5.65. The molecule has 0 saturated carbocycles. The van der Waals surface area contributed by atoms with E-state index in [2.05, 4.69) is 5.32 Å². The van der Waals surface area contributed by atoms with E-state index in [1.807, 2.05) is 32.0 Å². The Morgan fingerprint density at radius 2 is 1.75 bits per heavy atom. The summed E-state index contributed by atoms with van der Waals surface area (Å²) in [5.41, 5.74) is 3.35. The number of rotatable bonds is 3. The Morgan fingerprint density at radius 1 is 1.10 bits per heavy atom. The molecule has 0 radical (unpaired) electrons. The minimum atomic E-state index is -0.242. The SMILES string of the molecule is COc1cc(C(=O)Nc2cc(C)cc(C)c2)ccc1O. The number of anilines is 1. The van der Waals surface area contributed by atoms with Crippen LogP contribution in [-0.2, 0) is 0 Å². The van der Waals surface area contributed by atoms with Crippen LogP contribution in [0.15, 0.2) is 36.4 Å². The van der Waals surface area contributed by atoms with E-state index in [9.17, 15) is 9.90 Å². The zero-order chi connectivity index (χ0) is 14.7. The van der Waals surface area contributed by atoms with Crippen molar-refractivity contribution >= 4 is 11.6 Å². The smallest absolute Gasteiger partial charge is 0.255 e. The van der Waals surface area contributed by atoms with E-state index in [0.717, 1.165) is 16.8 Å². The van der Waals surface area contributed by atoms with Crippen molar-refractivity contribution in [1.29, 1.82) is 0 Å². The predicted octanol–water partition coefficient (Wildman–Crippen LogP) is 3.27. The van der Waals surface area contributed by atoms with Gasteiger partial charge in [0.05, 0.1) is 7.11 Å². The van der Waals surface area contributed by atoms with Gasteiger partial charge in [-0.05, 0) is 55.3 Å². The van der Waals surface area contributed by atoms with E-state index in [4.69, 9.17) is 4.74 Å². The summed E-state index contributed by atoms with van der Waals surface area (Å²) in [6.45, 7) is 3.96. The zero-order valence-electron chi connectivity index (χ0n) is 11.7. The highest BCUT2D eigenvalue weighted by Crippen LogP contribution is 2.26. The van der Waals surface area contributed by atoms with Gasteiger partial charge in [-0.1, -0.05) is 6.07 Å². The van der Waals surface area contributed by atoms with Crippen LogP contribution in [-0.4, -0.2) is 18.1 Å². The standard InChI is InChI=1S/C16H17NO3/c1-10-6-11(2)8-13(7-10)17-16(19)12-4-5-14(18)15(9-12)20-3/h4-9,18H,1-3H3,(H,17,19). The number of carbonyl (C=O) groups is 1. The van der Waals surface area contributed by atoms with Gasteiger partial charge in [0, 0.05) is 11.3 Å². The molecule has 0 aliphatic heterocycles. The molecule has 2 aromatic rings. The highest BCUT2D eigenvalue weighted by Gasteiger charge is 2.10. The molecule has 0 aliphatic carbocycles. The Morgan fingerprint density at radius 3 is 2.35 bits per heavy atom. The van der Waals surface area contributed by atoms with Crippen LogP contribution in [0.1, 0.15) is 21.5 Å². The van der Waals surface area contributed by atoms with Crippen LogP contribution < -0.4 is 10.1 Å². The van der Waals surface area contributed by atoms with E-state index < -0.39 is 0 Å². The molecule has 2 rings (SSSR count). The first-order valence-electron chi connectivity index (χ1n) is 6.26. The van der Waals surface area contributed by atoms with Crippen molar-refractivity contribution in [2.24, 2.45) is 0 Å². The minimum absolute atomic E-state index is 0.00968. The Kier molecular flexibility index (Phi) is 3.94. The molecule has 0 spiro atoms. The molecule has 0 fully saturated rings. The first-order chi connectivity index (χ1) is 9.49. The molecule has 104 valence electrons. The fourth-order valence-corrected chi connectivity index (χ4v) is 2.07. The summed E-state index contributed by atoms with van der Waals surface area (Å²) in [6, 6.07) is 10.3. The van der Waals surface area contributed by atoms with Crippen LogP contribution in [0, 0.1) is 13.8 Å². The van der Waals surface area contributed by atoms with Crippen molar-refractivity contribution in [2.45, 2.75) is 13.8 Å². The number of aromatic hydroxyl groups is 1. The van der Waals surface area contributed by atoms with Crippen molar-refractivity contribution in [3.05, 3.63) is 53.1 Å². The summed E-state index contributed by atoms with van der Waals surface area (Å²) < 4.78 is 4.99. The third-order valence-corrected chi connectivity index (χ3v) is 2.92. The maximum absolute atomic E-state index is 12.2. The molecule has 20 heavy (non-hydrogen) atoms. The Labute approximate surface area is 118 Å². The Balaban J connectivity index is 2.23. The number of benzene rings is 2. The molecular formula is C16H17NO3. The van der Waals surface area contributed by atoms with Crippen LogP contribution in [0.2, 0.25) is 0 Å². The van der Waals surface area contributed by atoms with E-state index in [1.165, 1.54) is 19.2 Å². The summed E-state index contributed by atoms with van der Waals surface area (Å²) in [5, 5.41) is 12.4. The maximum atomic E-state index is 12.2. The average molecular weight is 271 g/mol. The van der Waals surface area contributed by atoms with Crippen LogP contribution in [0.5, 0.6) is 11.5 Å². The van der Waals surface area contributed by atoms with Crippen molar-refractivity contribution in [1.82, 2.24) is 0 Å². The highest BCUT2D eigenvalue weighted by atomic mass is 16.5. The summed E-state index contributed by atoms with van der Waals surface area (Å²) >= 11 is 0. The monoisotopic (exact) mass is 271 g/mol. The molecule has 4 nitrogen and oxygen atoms in total. The number of phenols is 1. The first kappa shape index (κ1) is 13.9. The van der Waals surface area contributed by atoms with Crippen molar-refractivity contribution in [2.75, 3.05) is 12.4 Å². The van der Waals surface area contributed by atoms with Gasteiger partial charge in [0.2, 0.25) is 0 Å². The van der Waals surface area contributed by atoms with E-state index in [-0.39, 0.29) is 17.4 Å². The number of hydrogen-bond donors (Lipinski definition) is 2. The highest BCUT2D eigenvalue weighted by molar-refractivity contribution is 6.04. The number of aryl methyl sites for hydroxylation is 2. The van der Waals surface area contributed by atoms with Gasteiger partial charge in [0.15, 0.2) is 11.5 Å². The number of methoxy groups -OCH3 is 1. The molecule has 0 heterocycles. The summed E-state index contributed by atoms with van der Waals surface area (Å²) in [5.74, 6) is 0.0434. The third kappa shape index (κ3) is 3.09. The number of phenolic OH excluding ortho intramolecular Hbond substituents is 1. The van der Waals surface area contributed by atoms with Gasteiger partial charge in [0.25, 0.3) is 5.91 Å². The van der Waals surface area contributed by atoms with Crippen LogP contribution >= 0.6 is 0 Å². The second-order valence-electron chi connectivity index (χ2n) is 4.72. The lowest BCUT2D eigenvalue weighted by Gasteiger charge is -2.09. The zero-order valence-corrected chi connectivity index (χ0v) is 11.7. The fourth-order valence-electron chi connectivity index (χ4n) is 2.07. The van der Waals surface area contributed by atoms with Gasteiger partial charge in [-0.3, -0.25) is 4.79 Å². The molecule has 0 aliphatic rings. The van der Waals surface area contributed by atoms with Crippen molar-refractivity contribution < 1.29 is 14.6 Å². The van der Waals surface area contributed by atoms with E-state index in [0.29, 0.717) is 5.56 Å². The molecule has 0 atom stereocenters.